The molecule has 1 aliphatic rings. The second-order valence-electron chi connectivity index (χ2n) is 9.09. The lowest BCUT2D eigenvalue weighted by molar-refractivity contribution is 0.158. The van der Waals surface area contributed by atoms with E-state index in [0.717, 1.165) is 33.0 Å². The third-order valence-electron chi connectivity index (χ3n) is 6.93. The largest absolute Gasteiger partial charge is 0.300 e. The molecule has 1 aliphatic carbocycles. The summed E-state index contributed by atoms with van der Waals surface area (Å²) in [4.78, 5) is 3.51. The monoisotopic (exact) mass is 417 g/mol. The van der Waals surface area contributed by atoms with Crippen molar-refractivity contribution in [2.45, 2.75) is 121 Å². The fraction of sp³-hybridized carbons (Fsp3) is 1.00. The van der Waals surface area contributed by atoms with Crippen LogP contribution in [-0.2, 0) is 0 Å². The van der Waals surface area contributed by atoms with Gasteiger partial charge in [0.25, 0.3) is 0 Å². The van der Waals surface area contributed by atoms with Crippen LogP contribution in [0.2, 0.25) is 22.2 Å². The van der Waals surface area contributed by atoms with E-state index in [4.69, 9.17) is 0 Å². The summed E-state index contributed by atoms with van der Waals surface area (Å²) in [6.07, 6.45) is 6.82. The second-order valence-corrected chi connectivity index (χ2v) is 16.5. The van der Waals surface area contributed by atoms with Crippen molar-refractivity contribution in [2.75, 3.05) is 13.1 Å². The molecule has 0 aromatic heterocycles. The van der Waals surface area contributed by atoms with Crippen molar-refractivity contribution in [3.63, 3.8) is 0 Å². The van der Waals surface area contributed by atoms with E-state index in [1.54, 1.807) is 0 Å². The zero-order valence-corrected chi connectivity index (χ0v) is 20.3. The summed E-state index contributed by atoms with van der Waals surface area (Å²) in [6.45, 7) is 22.4. The van der Waals surface area contributed by atoms with E-state index >= 15 is 0 Å². The predicted octanol–water partition coefficient (Wildman–Crippen LogP) is 7.47. The lowest BCUT2D eigenvalue weighted by Gasteiger charge is -2.54. The van der Waals surface area contributed by atoms with Crippen LogP contribution in [-0.4, -0.2) is 36.9 Å². The topological polar surface area (TPSA) is 3.24 Å². The first-order valence-corrected chi connectivity index (χ1v) is 13.8. The minimum Gasteiger partial charge on any atom is -0.300 e. The Morgan fingerprint density at radius 1 is 0.875 bits per heavy atom. The predicted molar refractivity (Wildman–Crippen MR) is 117 cm³/mol. The van der Waals surface area contributed by atoms with Gasteiger partial charge in [-0.3, -0.25) is 0 Å². The van der Waals surface area contributed by atoms with Crippen molar-refractivity contribution in [3.8, 4) is 0 Å². The minimum atomic E-state index is -1.36. The Labute approximate surface area is 162 Å². The number of hydrogen-bond acceptors (Lipinski definition) is 1. The molecule has 0 aromatic rings. The molecule has 144 valence electrons. The van der Waals surface area contributed by atoms with E-state index in [-0.39, 0.29) is 0 Å². The van der Waals surface area contributed by atoms with Crippen LogP contribution in [0, 0.1) is 0 Å². The molecule has 1 nitrogen and oxygen atoms in total. The minimum absolute atomic E-state index is 0.728. The van der Waals surface area contributed by atoms with E-state index in [0.29, 0.717) is 0 Å². The Morgan fingerprint density at radius 2 is 1.33 bits per heavy atom. The van der Waals surface area contributed by atoms with Gasteiger partial charge in [-0.05, 0) is 44.3 Å². The fourth-order valence-electron chi connectivity index (χ4n) is 6.33. The molecule has 0 saturated heterocycles. The molecule has 0 aliphatic heterocycles. The van der Waals surface area contributed by atoms with Crippen LogP contribution in [0.25, 0.3) is 0 Å². The van der Waals surface area contributed by atoms with E-state index in [1.807, 2.05) is 0 Å². The number of hydrogen-bond donors (Lipinski definition) is 0. The van der Waals surface area contributed by atoms with Gasteiger partial charge in [-0.2, -0.15) is 0 Å². The highest BCUT2D eigenvalue weighted by Gasteiger charge is 2.52. The van der Waals surface area contributed by atoms with Crippen molar-refractivity contribution < 1.29 is 0 Å². The summed E-state index contributed by atoms with van der Waals surface area (Å²) in [5.41, 5.74) is 3.57. The van der Waals surface area contributed by atoms with E-state index < -0.39 is 8.07 Å². The quantitative estimate of drug-likeness (QED) is 0.277. The Morgan fingerprint density at radius 3 is 1.67 bits per heavy atom. The smallest absolute Gasteiger partial charge is 0.0654 e. The molecule has 0 radical (unpaired) electrons. The summed E-state index contributed by atoms with van der Waals surface area (Å²) in [7, 11) is -1.36. The van der Waals surface area contributed by atoms with Crippen LogP contribution in [0.15, 0.2) is 0 Å². The first-order chi connectivity index (χ1) is 11.2. The Kier molecular flexibility index (Phi) is 9.56. The van der Waals surface area contributed by atoms with Gasteiger partial charge in [0, 0.05) is 10.9 Å². The lowest BCUT2D eigenvalue weighted by Crippen LogP contribution is -2.54. The maximum absolute atomic E-state index is 4.21. The standard InChI is InChI=1S/C21H44BrNSi/c1-9-13-23(14-10-2)19-11-12-21(20(22)15-19)24(16(3)4,17(5)6)18(7)8/h16-21H,9-15H2,1-8H3. The Bertz CT molecular complexity index is 328. The van der Waals surface area contributed by atoms with E-state index in [9.17, 15) is 0 Å². The van der Waals surface area contributed by atoms with Gasteiger partial charge in [-0.25, -0.2) is 0 Å². The first-order valence-electron chi connectivity index (χ1n) is 10.6. The van der Waals surface area contributed by atoms with Gasteiger partial charge in [0.15, 0.2) is 0 Å². The molecule has 3 heteroatoms. The Balaban J connectivity index is 2.97. The van der Waals surface area contributed by atoms with Crippen molar-refractivity contribution in [3.05, 3.63) is 0 Å². The van der Waals surface area contributed by atoms with Crippen LogP contribution >= 0.6 is 15.9 Å². The number of nitrogens with zero attached hydrogens (tertiary/aromatic N) is 1. The van der Waals surface area contributed by atoms with Gasteiger partial charge in [0.1, 0.15) is 0 Å². The molecule has 0 heterocycles. The second kappa shape index (κ2) is 10.1. The van der Waals surface area contributed by atoms with Crippen LogP contribution < -0.4 is 0 Å². The highest BCUT2D eigenvalue weighted by Crippen LogP contribution is 2.56. The summed E-state index contributed by atoms with van der Waals surface area (Å²) in [5, 5.41) is 0. The van der Waals surface area contributed by atoms with Gasteiger partial charge < -0.3 is 4.90 Å². The van der Waals surface area contributed by atoms with Gasteiger partial charge in [-0.1, -0.05) is 94.4 Å². The van der Waals surface area contributed by atoms with Gasteiger partial charge in [0.2, 0.25) is 0 Å². The molecule has 3 atom stereocenters. The fourth-order valence-corrected chi connectivity index (χ4v) is 16.4. The first kappa shape index (κ1) is 22.7. The molecule has 1 rings (SSSR count). The molecule has 0 amide bonds. The molecule has 1 saturated carbocycles. The number of alkyl halides is 1. The average Bonchev–Trinajstić information content (AvgIpc) is 2.48. The maximum Gasteiger partial charge on any atom is 0.0654 e. The molecule has 1 fully saturated rings. The van der Waals surface area contributed by atoms with Crippen LogP contribution in [0.1, 0.15) is 87.5 Å². The van der Waals surface area contributed by atoms with E-state index in [1.165, 1.54) is 45.2 Å². The third kappa shape index (κ3) is 4.68. The molecule has 24 heavy (non-hydrogen) atoms. The summed E-state index contributed by atoms with van der Waals surface area (Å²) >= 11 is 4.21. The molecule has 0 aromatic carbocycles. The zero-order chi connectivity index (χ0) is 18.5. The van der Waals surface area contributed by atoms with Crippen molar-refractivity contribution in [2.24, 2.45) is 0 Å². The normalized spacial score (nSPS) is 26.1. The van der Waals surface area contributed by atoms with E-state index in [2.05, 4.69) is 76.2 Å². The summed E-state index contributed by atoms with van der Waals surface area (Å²) in [6, 6.07) is 0.809. The molecule has 0 N–H and O–H groups in total. The maximum atomic E-state index is 4.21. The van der Waals surface area contributed by atoms with Gasteiger partial charge >= 0.3 is 0 Å². The Hall–Kier alpha value is 0.657. The van der Waals surface area contributed by atoms with Crippen molar-refractivity contribution in [1.29, 1.82) is 0 Å². The van der Waals surface area contributed by atoms with Crippen LogP contribution in [0.5, 0.6) is 0 Å². The highest BCUT2D eigenvalue weighted by molar-refractivity contribution is 9.09. The highest BCUT2D eigenvalue weighted by atomic mass is 79.9. The SMILES string of the molecule is CCCN(CCC)C1CCC([Si](C(C)C)(C(C)C)C(C)C)C(Br)C1. The van der Waals surface area contributed by atoms with Gasteiger partial charge in [-0.15, -0.1) is 0 Å². The third-order valence-corrected chi connectivity index (χ3v) is 16.4. The average molecular weight is 419 g/mol. The van der Waals surface area contributed by atoms with Gasteiger partial charge in [0.05, 0.1) is 8.07 Å². The number of halogens is 1. The number of rotatable bonds is 9. The molecule has 0 bridgehead atoms. The van der Waals surface area contributed by atoms with Crippen LogP contribution in [0.3, 0.4) is 0 Å². The molecule has 0 spiro atoms. The van der Waals surface area contributed by atoms with Crippen molar-refractivity contribution in [1.82, 2.24) is 4.90 Å². The summed E-state index contributed by atoms with van der Waals surface area (Å²) in [5.74, 6) is 0. The molecule has 3 unspecified atom stereocenters. The molecular formula is C21H44BrNSi. The lowest BCUT2D eigenvalue weighted by atomic mass is 9.93. The molecular weight excluding hydrogens is 374 g/mol. The van der Waals surface area contributed by atoms with Crippen molar-refractivity contribution >= 4 is 24.0 Å². The zero-order valence-electron chi connectivity index (χ0n) is 17.7. The van der Waals surface area contributed by atoms with Crippen LogP contribution in [0.4, 0.5) is 0 Å². The summed E-state index contributed by atoms with van der Waals surface area (Å²) < 4.78 is 0.